The third kappa shape index (κ3) is 18.8. The van der Waals surface area contributed by atoms with E-state index in [1.165, 1.54) is 0 Å². The third-order valence-corrected chi connectivity index (χ3v) is 2.55. The summed E-state index contributed by atoms with van der Waals surface area (Å²) in [7, 11) is 0. The molecule has 0 spiro atoms. The van der Waals surface area contributed by atoms with Crippen molar-refractivity contribution in [3.8, 4) is 0 Å². The molecule has 5 radical (unpaired) electrons. The van der Waals surface area contributed by atoms with Gasteiger partial charge in [-0.3, -0.25) is 18.7 Å². The summed E-state index contributed by atoms with van der Waals surface area (Å²) in [6.07, 6.45) is 6.39. The van der Waals surface area contributed by atoms with Crippen LogP contribution in [0.3, 0.4) is 0 Å². The average Bonchev–Trinajstić information content (AvgIpc) is 2.16. The molecule has 0 aliphatic rings. The van der Waals surface area contributed by atoms with Crippen molar-refractivity contribution in [2.45, 2.75) is 38.8 Å². The summed E-state index contributed by atoms with van der Waals surface area (Å²) in [6.45, 7) is 7.29. The van der Waals surface area contributed by atoms with Crippen LogP contribution in [-0.4, -0.2) is 17.3 Å². The number of rotatable bonds is 7. The van der Waals surface area contributed by atoms with E-state index in [0.29, 0.717) is 11.7 Å². The van der Waals surface area contributed by atoms with Gasteiger partial charge in [-0.1, -0.05) is 26.3 Å². The van der Waals surface area contributed by atoms with Crippen LogP contribution in [0, 0.1) is 11.7 Å². The van der Waals surface area contributed by atoms with Crippen LogP contribution in [0.15, 0.2) is 24.3 Å². The number of aliphatic hydroxyl groups is 1. The Balaban J connectivity index is -0.0000000980. The van der Waals surface area contributed by atoms with Crippen LogP contribution in [0.2, 0.25) is 0 Å². The van der Waals surface area contributed by atoms with Gasteiger partial charge in [0.2, 0.25) is 0 Å². The Morgan fingerprint density at radius 1 is 1.35 bits per heavy atom. The number of aliphatic hydroxyl groups excluding tert-OH is 1. The van der Waals surface area contributed by atoms with Gasteiger partial charge in [-0.05, 0) is 6.10 Å². The van der Waals surface area contributed by atoms with Crippen LogP contribution in [0.1, 0.15) is 26.7 Å². The molecule has 8 heteroatoms. The van der Waals surface area contributed by atoms with Gasteiger partial charge in [-0.2, -0.15) is 0 Å². The summed E-state index contributed by atoms with van der Waals surface area (Å²) in [5.74, 6) is 0. The predicted octanol–water partition coefficient (Wildman–Crippen LogP) is 3.35. The molecule has 0 fully saturated rings. The van der Waals surface area contributed by atoms with E-state index in [1.54, 1.807) is 19.4 Å². The fraction of sp³-hybridized carbons (Fsp3) is 0.500. The first-order chi connectivity index (χ1) is 7.02. The molecule has 2 nitrogen and oxygen atoms in total. The molecule has 0 aliphatic heterocycles. The van der Waals surface area contributed by atoms with E-state index in [4.69, 9.17) is 5.73 Å². The van der Waals surface area contributed by atoms with Crippen LogP contribution in [0.5, 0.6) is 0 Å². The van der Waals surface area contributed by atoms with E-state index in [9.17, 15) is 5.11 Å². The molecule has 2 unspecified atom stereocenters. The summed E-state index contributed by atoms with van der Waals surface area (Å²) in [5.41, 5.74) is 8.58. The summed E-state index contributed by atoms with van der Waals surface area (Å²) in [4.78, 5) is 0. The number of thiol groups is 1. The molecule has 0 bridgehead atoms. The molecule has 0 aliphatic carbocycles. The van der Waals surface area contributed by atoms with Gasteiger partial charge in [-0.25, -0.2) is 11.3 Å². The van der Waals surface area contributed by atoms with Crippen molar-refractivity contribution in [1.82, 2.24) is 0 Å². The Bertz CT molecular complexity index is 230. The summed E-state index contributed by atoms with van der Waals surface area (Å²) in [5, 5.41) is 10.0. The van der Waals surface area contributed by atoms with Gasteiger partial charge in [0, 0.05) is 102 Å². The molecule has 0 rings (SSSR count). The standard InChI is InChI=1S/C12H20NOS.5Re/c1-4-6-10(12(15)9(3)14)8-11(13)7-5-2;;;;;/h5-6,8-9,11,13-15H,2,4,7H2,1,3H3;;;;;/q-3;;;;;/b10-6+;;;;;. The Morgan fingerprint density at radius 2 is 1.80 bits per heavy atom. The zero-order chi connectivity index (χ0) is 11.8. The van der Waals surface area contributed by atoms with Gasteiger partial charge in [0.25, 0.3) is 0 Å². The van der Waals surface area contributed by atoms with Crippen LogP contribution in [-0.2, 0) is 102 Å². The quantitative estimate of drug-likeness (QED) is 0.230. The monoisotopic (exact) mass is 1160 g/mol. The Kier molecular flexibility index (Phi) is 46.2. The van der Waals surface area contributed by atoms with Crippen LogP contribution in [0.4, 0.5) is 0 Å². The van der Waals surface area contributed by atoms with E-state index in [2.05, 4.69) is 19.2 Å². The van der Waals surface area contributed by atoms with Crippen LogP contribution < -0.4 is 0 Å². The molecular weight excluding hydrogens is 1140 g/mol. The molecule has 2 atom stereocenters. The van der Waals surface area contributed by atoms with Crippen LogP contribution in [0.25, 0.3) is 5.73 Å². The van der Waals surface area contributed by atoms with Gasteiger partial charge in [0.1, 0.15) is 0 Å². The van der Waals surface area contributed by atoms with Gasteiger partial charge in [0.15, 0.2) is 0 Å². The van der Waals surface area contributed by atoms with Crippen molar-refractivity contribution in [1.29, 1.82) is 0 Å². The maximum Gasteiger partial charge on any atom is 0 e. The molecular formula is C12H20NORe5S-3. The predicted molar refractivity (Wildman–Crippen MR) is 69.5 cm³/mol. The summed E-state index contributed by atoms with van der Waals surface area (Å²) >= 11 is 4.25. The van der Waals surface area contributed by atoms with E-state index in [0.717, 1.165) is 12.0 Å². The van der Waals surface area contributed by atoms with E-state index >= 15 is 0 Å². The minimum atomic E-state index is -0.585. The molecule has 20 heavy (non-hydrogen) atoms. The second kappa shape index (κ2) is 24.1. The largest absolute Gasteiger partial charge is 0.690 e. The van der Waals surface area contributed by atoms with Crippen molar-refractivity contribution < 1.29 is 107 Å². The van der Waals surface area contributed by atoms with Gasteiger partial charge in [0.05, 0.1) is 0 Å². The molecule has 0 aromatic rings. The maximum absolute atomic E-state index is 9.41. The number of hydrogen-bond donors (Lipinski definition) is 2. The molecule has 0 saturated heterocycles. The van der Waals surface area contributed by atoms with Crippen LogP contribution >= 0.6 is 12.6 Å². The molecule has 0 saturated carbocycles. The van der Waals surface area contributed by atoms with E-state index < -0.39 is 6.10 Å². The van der Waals surface area contributed by atoms with Crippen molar-refractivity contribution in [2.24, 2.45) is 0 Å². The van der Waals surface area contributed by atoms with E-state index in [-0.39, 0.29) is 108 Å². The smallest absolute Gasteiger partial charge is 0 e. The molecule has 123 valence electrons. The number of allylic oxidation sites excluding steroid dienone is 1. The topological polar surface area (TPSA) is 44.0 Å². The molecule has 0 aromatic heterocycles. The first-order valence-corrected chi connectivity index (χ1v) is 5.58. The fourth-order valence-electron chi connectivity index (χ4n) is 1.18. The summed E-state index contributed by atoms with van der Waals surface area (Å²) < 4.78 is 0. The van der Waals surface area contributed by atoms with Gasteiger partial charge >= 0.3 is 0 Å². The van der Waals surface area contributed by atoms with E-state index in [1.807, 2.05) is 13.0 Å². The molecule has 0 heterocycles. The van der Waals surface area contributed by atoms with Crippen molar-refractivity contribution in [3.05, 3.63) is 41.7 Å². The van der Waals surface area contributed by atoms with Gasteiger partial charge < -0.3 is 22.8 Å². The average molecular weight is 1160 g/mol. The minimum Gasteiger partial charge on any atom is -0.690 e. The SMILES string of the molecule is C=CCC([NH-])[CH-]/C(=C\CC)[C-](S)C(C)O.[Re].[Re].[Re].[Re].[Re]. The third-order valence-electron chi connectivity index (χ3n) is 1.92. The Morgan fingerprint density at radius 3 is 2.10 bits per heavy atom. The first kappa shape index (κ1) is 38.4. The van der Waals surface area contributed by atoms with Gasteiger partial charge in [-0.15, -0.1) is 13.0 Å². The molecule has 0 amide bonds. The zero-order valence-corrected chi connectivity index (χ0v) is 25.8. The van der Waals surface area contributed by atoms with Crippen molar-refractivity contribution in [3.63, 3.8) is 0 Å². The maximum atomic E-state index is 9.41. The minimum absolute atomic E-state index is 0. The first-order valence-electron chi connectivity index (χ1n) is 5.14. The second-order valence-electron chi connectivity index (χ2n) is 3.43. The second-order valence-corrected chi connectivity index (χ2v) is 3.91. The zero-order valence-electron chi connectivity index (χ0n) is 11.3. The summed E-state index contributed by atoms with van der Waals surface area (Å²) in [6, 6.07) is -0.318. The van der Waals surface area contributed by atoms with Crippen molar-refractivity contribution >= 4 is 12.6 Å². The normalized spacial score (nSPS) is 11.8. The van der Waals surface area contributed by atoms with Crippen molar-refractivity contribution in [2.75, 3.05) is 0 Å². The Labute approximate surface area is 198 Å². The number of hydrogen-bond acceptors (Lipinski definition) is 2. The fourth-order valence-corrected chi connectivity index (χ4v) is 1.35. The molecule has 2 N–H and O–H groups in total. The Hall–Kier alpha value is 2.80. The number of nitrogens with one attached hydrogen (secondary N) is 1. The molecule has 0 aromatic carbocycles.